The van der Waals surface area contributed by atoms with Crippen molar-refractivity contribution in [3.8, 4) is 22.7 Å². The number of benzene rings is 2. The molecule has 1 amide bonds. The van der Waals surface area contributed by atoms with Crippen molar-refractivity contribution in [1.82, 2.24) is 20.1 Å². The van der Waals surface area contributed by atoms with E-state index in [4.69, 9.17) is 4.74 Å². The topological polar surface area (TPSA) is 69.0 Å². The molecule has 0 fully saturated rings. The van der Waals surface area contributed by atoms with Gasteiger partial charge in [-0.2, -0.15) is 5.10 Å². The first-order chi connectivity index (χ1) is 14.6. The summed E-state index contributed by atoms with van der Waals surface area (Å²) in [5, 5.41) is 7.48. The molecule has 0 aliphatic rings. The van der Waals surface area contributed by atoms with Gasteiger partial charge in [-0.25, -0.2) is 9.07 Å². The first kappa shape index (κ1) is 19.3. The van der Waals surface area contributed by atoms with Crippen molar-refractivity contribution in [3.63, 3.8) is 0 Å². The third-order valence-electron chi connectivity index (χ3n) is 4.55. The molecular formula is C23H19FN4O2. The maximum absolute atomic E-state index is 13.3. The number of amides is 1. The number of nitrogens with one attached hydrogen (secondary N) is 1. The van der Waals surface area contributed by atoms with Gasteiger partial charge in [0.2, 0.25) is 0 Å². The molecular weight excluding hydrogens is 383 g/mol. The highest BCUT2D eigenvalue weighted by molar-refractivity contribution is 6.00. The van der Waals surface area contributed by atoms with Crippen LogP contribution in [0.4, 0.5) is 4.39 Å². The lowest BCUT2D eigenvalue weighted by Crippen LogP contribution is -2.23. The second kappa shape index (κ2) is 8.57. The number of hydrogen-bond acceptors (Lipinski definition) is 4. The van der Waals surface area contributed by atoms with Crippen molar-refractivity contribution in [2.45, 2.75) is 6.54 Å². The van der Waals surface area contributed by atoms with Crippen molar-refractivity contribution in [2.75, 3.05) is 7.11 Å². The highest BCUT2D eigenvalue weighted by Crippen LogP contribution is 2.27. The zero-order valence-corrected chi connectivity index (χ0v) is 16.2. The van der Waals surface area contributed by atoms with Crippen LogP contribution < -0.4 is 10.1 Å². The molecule has 0 spiro atoms. The van der Waals surface area contributed by atoms with Gasteiger partial charge in [0, 0.05) is 18.0 Å². The molecule has 1 N–H and O–H groups in total. The number of pyridine rings is 1. The van der Waals surface area contributed by atoms with Crippen LogP contribution in [0.25, 0.3) is 16.9 Å². The number of hydrogen-bond donors (Lipinski definition) is 1. The van der Waals surface area contributed by atoms with Gasteiger partial charge < -0.3 is 10.1 Å². The molecule has 4 aromatic rings. The Bertz CT molecular complexity index is 1160. The van der Waals surface area contributed by atoms with E-state index in [-0.39, 0.29) is 11.7 Å². The number of halogens is 1. The van der Waals surface area contributed by atoms with Gasteiger partial charge in [-0.15, -0.1) is 0 Å². The number of rotatable bonds is 6. The van der Waals surface area contributed by atoms with Crippen LogP contribution >= 0.6 is 0 Å². The predicted molar refractivity (Wildman–Crippen MR) is 111 cm³/mol. The normalized spacial score (nSPS) is 10.6. The zero-order chi connectivity index (χ0) is 20.9. The van der Waals surface area contributed by atoms with E-state index < -0.39 is 0 Å². The fourth-order valence-corrected chi connectivity index (χ4v) is 3.02. The molecule has 2 aromatic carbocycles. The summed E-state index contributed by atoms with van der Waals surface area (Å²) >= 11 is 0. The van der Waals surface area contributed by atoms with Crippen LogP contribution in [0.2, 0.25) is 0 Å². The van der Waals surface area contributed by atoms with E-state index in [0.717, 1.165) is 11.3 Å². The van der Waals surface area contributed by atoms with Gasteiger partial charge in [-0.1, -0.05) is 18.2 Å². The molecule has 7 heteroatoms. The Kier molecular flexibility index (Phi) is 5.52. The van der Waals surface area contributed by atoms with Crippen molar-refractivity contribution < 1.29 is 13.9 Å². The Morgan fingerprint density at radius 1 is 1.10 bits per heavy atom. The van der Waals surface area contributed by atoms with E-state index in [9.17, 15) is 9.18 Å². The summed E-state index contributed by atoms with van der Waals surface area (Å²) in [5.74, 6) is 0.0303. The van der Waals surface area contributed by atoms with Gasteiger partial charge in [0.05, 0.1) is 30.6 Å². The number of aromatic nitrogens is 3. The molecule has 0 aliphatic heterocycles. The zero-order valence-electron chi connectivity index (χ0n) is 16.2. The van der Waals surface area contributed by atoms with Crippen LogP contribution in [0.5, 0.6) is 5.75 Å². The number of ether oxygens (including phenoxy) is 1. The van der Waals surface area contributed by atoms with Gasteiger partial charge in [0.25, 0.3) is 5.91 Å². The number of carbonyl (C=O) groups is 1. The molecule has 30 heavy (non-hydrogen) atoms. The Hall–Kier alpha value is -4.00. The molecule has 0 aliphatic carbocycles. The van der Waals surface area contributed by atoms with Gasteiger partial charge in [0.15, 0.2) is 0 Å². The quantitative estimate of drug-likeness (QED) is 0.529. The Morgan fingerprint density at radius 2 is 1.93 bits per heavy atom. The Labute approximate surface area is 173 Å². The molecule has 2 heterocycles. The minimum atomic E-state index is -0.341. The molecule has 0 atom stereocenters. The second-order valence-electron chi connectivity index (χ2n) is 6.55. The van der Waals surface area contributed by atoms with Gasteiger partial charge in [-0.05, 0) is 48.5 Å². The highest BCUT2D eigenvalue weighted by Gasteiger charge is 2.19. The summed E-state index contributed by atoms with van der Waals surface area (Å²) in [7, 11) is 1.58. The van der Waals surface area contributed by atoms with Crippen molar-refractivity contribution in [1.29, 1.82) is 0 Å². The first-order valence-corrected chi connectivity index (χ1v) is 9.32. The first-order valence-electron chi connectivity index (χ1n) is 9.32. The minimum Gasteiger partial charge on any atom is -0.497 e. The van der Waals surface area contributed by atoms with Crippen LogP contribution in [0.3, 0.4) is 0 Å². The lowest BCUT2D eigenvalue weighted by atomic mass is 10.1. The van der Waals surface area contributed by atoms with Gasteiger partial charge in [0.1, 0.15) is 17.3 Å². The highest BCUT2D eigenvalue weighted by atomic mass is 19.1. The molecule has 6 nitrogen and oxygen atoms in total. The number of nitrogens with zero attached hydrogens (tertiary/aromatic N) is 3. The largest absolute Gasteiger partial charge is 0.497 e. The molecule has 0 radical (unpaired) electrons. The van der Waals surface area contributed by atoms with E-state index in [0.29, 0.717) is 29.2 Å². The standard InChI is InChI=1S/C23H19FN4O2/c1-30-20-7-4-5-16(13-20)22-21(23(29)26-14-18-6-2-3-12-25-18)15-28(27-22)19-10-8-17(24)9-11-19/h2-13,15H,14H2,1H3,(H,26,29). The second-order valence-corrected chi connectivity index (χ2v) is 6.55. The van der Waals surface area contributed by atoms with Crippen molar-refractivity contribution in [3.05, 3.63) is 96.2 Å². The van der Waals surface area contributed by atoms with E-state index in [1.807, 2.05) is 42.5 Å². The van der Waals surface area contributed by atoms with Crippen molar-refractivity contribution >= 4 is 5.91 Å². The third-order valence-corrected chi connectivity index (χ3v) is 4.55. The van der Waals surface area contributed by atoms with Crippen LogP contribution in [0.1, 0.15) is 16.1 Å². The summed E-state index contributed by atoms with van der Waals surface area (Å²) in [4.78, 5) is 17.2. The van der Waals surface area contributed by atoms with Gasteiger partial charge in [-0.3, -0.25) is 9.78 Å². The maximum atomic E-state index is 13.3. The molecule has 150 valence electrons. The summed E-state index contributed by atoms with van der Waals surface area (Å²) in [6, 6.07) is 18.8. The number of carbonyl (C=O) groups excluding carboxylic acids is 1. The average molecular weight is 402 g/mol. The van der Waals surface area contributed by atoms with E-state index in [2.05, 4.69) is 15.4 Å². The summed E-state index contributed by atoms with van der Waals surface area (Å²) in [6.45, 7) is 0.291. The fourth-order valence-electron chi connectivity index (χ4n) is 3.02. The summed E-state index contributed by atoms with van der Waals surface area (Å²) in [6.07, 6.45) is 3.31. The van der Waals surface area contributed by atoms with Crippen LogP contribution in [-0.2, 0) is 6.54 Å². The molecule has 0 saturated carbocycles. The van der Waals surface area contributed by atoms with Crippen LogP contribution in [-0.4, -0.2) is 27.8 Å². The Morgan fingerprint density at radius 3 is 2.67 bits per heavy atom. The van der Waals surface area contributed by atoms with E-state index in [1.165, 1.54) is 12.1 Å². The molecule has 2 aromatic heterocycles. The molecule has 0 saturated heterocycles. The molecule has 0 unspecified atom stereocenters. The number of methoxy groups -OCH3 is 1. The SMILES string of the molecule is COc1cccc(-c2nn(-c3ccc(F)cc3)cc2C(=O)NCc2ccccn2)c1. The Balaban J connectivity index is 1.71. The maximum Gasteiger partial charge on any atom is 0.255 e. The lowest BCUT2D eigenvalue weighted by Gasteiger charge is -2.06. The van der Waals surface area contributed by atoms with Gasteiger partial charge >= 0.3 is 0 Å². The monoisotopic (exact) mass is 402 g/mol. The van der Waals surface area contributed by atoms with Crippen LogP contribution in [0, 0.1) is 5.82 Å². The third kappa shape index (κ3) is 4.20. The van der Waals surface area contributed by atoms with E-state index in [1.54, 1.807) is 36.3 Å². The van der Waals surface area contributed by atoms with E-state index >= 15 is 0 Å². The summed E-state index contributed by atoms with van der Waals surface area (Å²) in [5.41, 5.74) is 3.02. The summed E-state index contributed by atoms with van der Waals surface area (Å²) < 4.78 is 20.2. The average Bonchev–Trinajstić information content (AvgIpc) is 3.24. The molecule has 0 bridgehead atoms. The smallest absolute Gasteiger partial charge is 0.255 e. The molecule has 4 rings (SSSR count). The van der Waals surface area contributed by atoms with Crippen molar-refractivity contribution in [2.24, 2.45) is 0 Å². The predicted octanol–water partition coefficient (Wildman–Crippen LogP) is 4.01. The lowest BCUT2D eigenvalue weighted by molar-refractivity contribution is 0.0951. The fraction of sp³-hybridized carbons (Fsp3) is 0.0870. The minimum absolute atomic E-state index is 0.285. The van der Waals surface area contributed by atoms with Crippen LogP contribution in [0.15, 0.2) is 79.1 Å².